The molecule has 6 heteroatoms. The van der Waals surface area contributed by atoms with Gasteiger partial charge in [-0.05, 0) is 48.2 Å². The maximum atomic E-state index is 12.0. The molecule has 2 N–H and O–H groups in total. The van der Waals surface area contributed by atoms with Crippen LogP contribution in [0.5, 0.6) is 0 Å². The third kappa shape index (κ3) is 6.26. The molecule has 1 amide bonds. The van der Waals surface area contributed by atoms with Crippen molar-refractivity contribution < 1.29 is 4.79 Å². The van der Waals surface area contributed by atoms with Crippen molar-refractivity contribution in [1.29, 1.82) is 0 Å². The van der Waals surface area contributed by atoms with Gasteiger partial charge in [0.15, 0.2) is 0 Å². The molecular weight excluding hydrogens is 354 g/mol. The Morgan fingerprint density at radius 1 is 1.20 bits per heavy atom. The van der Waals surface area contributed by atoms with Crippen LogP contribution in [0.15, 0.2) is 29.6 Å². The highest BCUT2D eigenvalue weighted by atomic mass is 35.5. The maximum absolute atomic E-state index is 12.0. The summed E-state index contributed by atoms with van der Waals surface area (Å²) in [5.41, 5.74) is 1.38. The summed E-state index contributed by atoms with van der Waals surface area (Å²) in [5, 5.41) is 10.00. The standard InChI is InChI=1S/C19H27N3OS.ClH/c23-19(21-9-4-12-22-13-10-20-11-14-22)8-3-5-16-15-24-18-7-2-1-6-17(16)18;/h1-2,6-7,15,20H,3-5,8-14H2,(H,21,23);1H. The second-order valence-corrected chi connectivity index (χ2v) is 7.32. The zero-order chi connectivity index (χ0) is 16.6. The molecule has 4 nitrogen and oxygen atoms in total. The van der Waals surface area contributed by atoms with Crippen LogP contribution in [-0.4, -0.2) is 50.1 Å². The van der Waals surface area contributed by atoms with E-state index in [9.17, 15) is 4.79 Å². The SMILES string of the molecule is Cl.O=C(CCCc1csc2ccccc12)NCCCN1CCNCC1. The highest BCUT2D eigenvalue weighted by Gasteiger charge is 2.09. The van der Waals surface area contributed by atoms with Crippen molar-refractivity contribution in [3.8, 4) is 0 Å². The van der Waals surface area contributed by atoms with Gasteiger partial charge in [0.05, 0.1) is 0 Å². The minimum atomic E-state index is 0. The van der Waals surface area contributed by atoms with Crippen LogP contribution in [0.3, 0.4) is 0 Å². The average Bonchev–Trinajstić information content (AvgIpc) is 3.03. The van der Waals surface area contributed by atoms with Gasteiger partial charge in [-0.15, -0.1) is 23.7 Å². The van der Waals surface area contributed by atoms with Crippen molar-refractivity contribution in [1.82, 2.24) is 15.5 Å². The van der Waals surface area contributed by atoms with Crippen LogP contribution < -0.4 is 10.6 Å². The summed E-state index contributed by atoms with van der Waals surface area (Å²) in [7, 11) is 0. The Morgan fingerprint density at radius 2 is 2.00 bits per heavy atom. The van der Waals surface area contributed by atoms with Crippen LogP contribution in [0.2, 0.25) is 0 Å². The smallest absolute Gasteiger partial charge is 0.220 e. The van der Waals surface area contributed by atoms with Gasteiger partial charge in [0, 0.05) is 43.8 Å². The first-order valence-electron chi connectivity index (χ1n) is 8.98. The number of benzene rings is 1. The molecule has 1 aliphatic rings. The number of nitrogens with zero attached hydrogens (tertiary/aromatic N) is 1. The van der Waals surface area contributed by atoms with Crippen LogP contribution >= 0.6 is 23.7 Å². The first-order valence-corrected chi connectivity index (χ1v) is 9.86. The minimum Gasteiger partial charge on any atom is -0.356 e. The zero-order valence-corrected chi connectivity index (χ0v) is 16.3. The molecular formula is C19H28ClN3OS. The van der Waals surface area contributed by atoms with Gasteiger partial charge in [-0.1, -0.05) is 18.2 Å². The topological polar surface area (TPSA) is 44.4 Å². The largest absolute Gasteiger partial charge is 0.356 e. The number of carbonyl (C=O) groups is 1. The number of halogens is 1. The third-order valence-electron chi connectivity index (χ3n) is 4.59. The molecule has 0 bridgehead atoms. The van der Waals surface area contributed by atoms with Crippen molar-refractivity contribution in [3.05, 3.63) is 35.2 Å². The minimum absolute atomic E-state index is 0. The number of carbonyl (C=O) groups excluding carboxylic acids is 1. The second-order valence-electron chi connectivity index (χ2n) is 6.41. The molecule has 1 fully saturated rings. The molecule has 1 saturated heterocycles. The van der Waals surface area contributed by atoms with E-state index in [4.69, 9.17) is 0 Å². The van der Waals surface area contributed by atoms with E-state index in [1.54, 1.807) is 11.3 Å². The van der Waals surface area contributed by atoms with E-state index in [0.29, 0.717) is 6.42 Å². The first kappa shape index (κ1) is 20.2. The van der Waals surface area contributed by atoms with E-state index in [-0.39, 0.29) is 18.3 Å². The normalized spacial score (nSPS) is 15.0. The maximum Gasteiger partial charge on any atom is 0.220 e. The molecule has 25 heavy (non-hydrogen) atoms. The van der Waals surface area contributed by atoms with Gasteiger partial charge in [-0.25, -0.2) is 0 Å². The molecule has 2 aromatic rings. The molecule has 0 unspecified atom stereocenters. The molecule has 0 atom stereocenters. The Balaban J connectivity index is 0.00000225. The third-order valence-corrected chi connectivity index (χ3v) is 5.61. The van der Waals surface area contributed by atoms with Gasteiger partial charge >= 0.3 is 0 Å². The fourth-order valence-corrected chi connectivity index (χ4v) is 4.22. The number of rotatable bonds is 8. The van der Waals surface area contributed by atoms with E-state index in [2.05, 4.69) is 45.2 Å². The summed E-state index contributed by atoms with van der Waals surface area (Å²) in [6.45, 7) is 6.31. The lowest BCUT2D eigenvalue weighted by Gasteiger charge is -2.27. The summed E-state index contributed by atoms with van der Waals surface area (Å²) >= 11 is 1.79. The summed E-state index contributed by atoms with van der Waals surface area (Å²) < 4.78 is 1.34. The molecule has 0 spiro atoms. The van der Waals surface area contributed by atoms with E-state index in [1.807, 2.05) is 0 Å². The summed E-state index contributed by atoms with van der Waals surface area (Å²) in [6, 6.07) is 8.51. The Bertz CT molecular complexity index is 655. The van der Waals surface area contributed by atoms with Crippen molar-refractivity contribution in [2.24, 2.45) is 0 Å². The van der Waals surface area contributed by atoms with E-state index in [1.165, 1.54) is 15.6 Å². The van der Waals surface area contributed by atoms with Gasteiger partial charge in [-0.2, -0.15) is 0 Å². The summed E-state index contributed by atoms with van der Waals surface area (Å²) in [5.74, 6) is 0.190. The number of nitrogens with one attached hydrogen (secondary N) is 2. The molecule has 138 valence electrons. The highest BCUT2D eigenvalue weighted by Crippen LogP contribution is 2.26. The summed E-state index contributed by atoms with van der Waals surface area (Å²) in [4.78, 5) is 14.4. The fourth-order valence-electron chi connectivity index (χ4n) is 3.22. The van der Waals surface area contributed by atoms with Crippen LogP contribution in [-0.2, 0) is 11.2 Å². The van der Waals surface area contributed by atoms with E-state index < -0.39 is 0 Å². The predicted molar refractivity (Wildman–Crippen MR) is 109 cm³/mol. The lowest BCUT2D eigenvalue weighted by Crippen LogP contribution is -2.44. The van der Waals surface area contributed by atoms with Crippen molar-refractivity contribution in [2.75, 3.05) is 39.3 Å². The number of thiophene rings is 1. The number of amides is 1. The number of hydrogen-bond acceptors (Lipinski definition) is 4. The van der Waals surface area contributed by atoms with Gasteiger partial charge in [0.1, 0.15) is 0 Å². The molecule has 1 aromatic heterocycles. The monoisotopic (exact) mass is 381 g/mol. The highest BCUT2D eigenvalue weighted by molar-refractivity contribution is 7.17. The lowest BCUT2D eigenvalue weighted by molar-refractivity contribution is -0.121. The average molecular weight is 382 g/mol. The Hall–Kier alpha value is -1.14. The van der Waals surface area contributed by atoms with Crippen LogP contribution in [0.1, 0.15) is 24.8 Å². The second kappa shape index (κ2) is 10.8. The van der Waals surface area contributed by atoms with E-state index >= 15 is 0 Å². The van der Waals surface area contributed by atoms with Gasteiger partial charge in [0.25, 0.3) is 0 Å². The fraction of sp³-hybridized carbons (Fsp3) is 0.526. The molecule has 2 heterocycles. The lowest BCUT2D eigenvalue weighted by atomic mass is 10.1. The number of fused-ring (bicyclic) bond motifs is 1. The Morgan fingerprint density at radius 3 is 2.84 bits per heavy atom. The van der Waals surface area contributed by atoms with Crippen molar-refractivity contribution in [2.45, 2.75) is 25.7 Å². The number of piperazine rings is 1. The quantitative estimate of drug-likeness (QED) is 0.691. The van der Waals surface area contributed by atoms with Gasteiger partial charge < -0.3 is 15.5 Å². The molecule has 0 radical (unpaired) electrons. The van der Waals surface area contributed by atoms with Crippen LogP contribution in [0.25, 0.3) is 10.1 Å². The predicted octanol–water partition coefficient (Wildman–Crippen LogP) is 3.06. The van der Waals surface area contributed by atoms with Crippen molar-refractivity contribution >= 4 is 39.7 Å². The van der Waals surface area contributed by atoms with Gasteiger partial charge in [0.2, 0.25) is 5.91 Å². The Kier molecular flexibility index (Phi) is 8.68. The molecule has 0 aliphatic carbocycles. The van der Waals surface area contributed by atoms with Crippen LogP contribution in [0, 0.1) is 0 Å². The molecule has 3 rings (SSSR count). The zero-order valence-electron chi connectivity index (χ0n) is 14.6. The van der Waals surface area contributed by atoms with E-state index in [0.717, 1.165) is 58.5 Å². The van der Waals surface area contributed by atoms with Gasteiger partial charge in [-0.3, -0.25) is 4.79 Å². The number of aryl methyl sites for hydroxylation is 1. The molecule has 1 aromatic carbocycles. The van der Waals surface area contributed by atoms with Crippen LogP contribution in [0.4, 0.5) is 0 Å². The summed E-state index contributed by atoms with van der Waals surface area (Å²) in [6.07, 6.45) is 3.57. The van der Waals surface area contributed by atoms with Crippen molar-refractivity contribution in [3.63, 3.8) is 0 Å². The molecule has 0 saturated carbocycles. The first-order chi connectivity index (χ1) is 11.8. The number of hydrogen-bond donors (Lipinski definition) is 2. The molecule has 1 aliphatic heterocycles. The Labute approximate surface area is 160 Å².